The number of carbonyl (C=O) groups is 1. The normalized spacial score (nSPS) is 55.5. The summed E-state index contributed by atoms with van der Waals surface area (Å²) < 4.78 is 30.2. The quantitative estimate of drug-likeness (QED) is 0.652. The molecule has 5 heterocycles. The number of hydrogen-bond acceptors (Lipinski definition) is 8. The van der Waals surface area contributed by atoms with E-state index in [-0.39, 0.29) is 29.8 Å². The van der Waals surface area contributed by atoms with E-state index in [0.717, 1.165) is 12.0 Å². The second kappa shape index (κ2) is 5.74. The SMILES string of the molecule is CC1(C)OC2(CC1C1(C)C=CC(=O)O1)CC1(O)C(CCC34CC13C(O)OC4c1ccoc1)O2. The van der Waals surface area contributed by atoms with E-state index in [9.17, 15) is 15.0 Å². The fourth-order valence-electron chi connectivity index (χ4n) is 8.53. The monoisotopic (exact) mass is 458 g/mol. The van der Waals surface area contributed by atoms with Gasteiger partial charge in [0, 0.05) is 35.8 Å². The number of ether oxygens (including phenoxy) is 4. The molecule has 9 atom stereocenters. The molecule has 0 bridgehead atoms. The van der Waals surface area contributed by atoms with Crippen LogP contribution in [0.4, 0.5) is 0 Å². The van der Waals surface area contributed by atoms with Crippen molar-refractivity contribution in [3.05, 3.63) is 36.3 Å². The van der Waals surface area contributed by atoms with Crippen LogP contribution in [0.1, 0.15) is 64.5 Å². The van der Waals surface area contributed by atoms with Crippen LogP contribution in [0.15, 0.2) is 35.2 Å². The number of fused-ring (bicyclic) bond motifs is 1. The van der Waals surface area contributed by atoms with Gasteiger partial charge in [0.25, 0.3) is 0 Å². The van der Waals surface area contributed by atoms with E-state index in [1.54, 1.807) is 18.6 Å². The van der Waals surface area contributed by atoms with Gasteiger partial charge >= 0.3 is 5.97 Å². The Labute approximate surface area is 191 Å². The number of furan rings is 1. The van der Waals surface area contributed by atoms with Crippen LogP contribution in [0.5, 0.6) is 0 Å². The first-order valence-corrected chi connectivity index (χ1v) is 11.9. The molecule has 3 saturated heterocycles. The third-order valence-corrected chi connectivity index (χ3v) is 9.81. The van der Waals surface area contributed by atoms with E-state index < -0.39 is 40.4 Å². The van der Waals surface area contributed by atoms with Gasteiger partial charge < -0.3 is 33.6 Å². The zero-order valence-electron chi connectivity index (χ0n) is 19.1. The number of carbonyl (C=O) groups excluding carboxylic acids is 1. The Kier molecular flexibility index (Phi) is 3.59. The van der Waals surface area contributed by atoms with Crippen molar-refractivity contribution in [3.63, 3.8) is 0 Å². The Bertz CT molecular complexity index is 1060. The summed E-state index contributed by atoms with van der Waals surface area (Å²) in [7, 11) is 0. The summed E-state index contributed by atoms with van der Waals surface area (Å²) in [5.74, 6) is -1.52. The van der Waals surface area contributed by atoms with Crippen molar-refractivity contribution < 1.29 is 38.4 Å². The first-order valence-electron chi connectivity index (χ1n) is 11.9. The second-order valence-electron chi connectivity index (χ2n) is 11.8. The predicted molar refractivity (Wildman–Crippen MR) is 111 cm³/mol. The van der Waals surface area contributed by atoms with Gasteiger partial charge in [-0.25, -0.2) is 4.79 Å². The summed E-state index contributed by atoms with van der Waals surface area (Å²) in [6, 6.07) is 1.87. The molecule has 1 spiro atoms. The van der Waals surface area contributed by atoms with E-state index in [2.05, 4.69) is 0 Å². The Balaban J connectivity index is 1.23. The Hall–Kier alpha value is -1.71. The minimum absolute atomic E-state index is 0.152. The van der Waals surface area contributed by atoms with Gasteiger partial charge in [0.2, 0.25) is 0 Å². The van der Waals surface area contributed by atoms with E-state index >= 15 is 0 Å². The highest BCUT2D eigenvalue weighted by atomic mass is 16.7. The lowest BCUT2D eigenvalue weighted by atomic mass is 9.65. The van der Waals surface area contributed by atoms with Crippen molar-refractivity contribution in [3.8, 4) is 0 Å². The molecule has 0 aromatic carbocycles. The van der Waals surface area contributed by atoms with Crippen molar-refractivity contribution in [1.29, 1.82) is 0 Å². The summed E-state index contributed by atoms with van der Waals surface area (Å²) in [6.45, 7) is 5.86. The number of aliphatic hydroxyl groups is 2. The summed E-state index contributed by atoms with van der Waals surface area (Å²) in [5.41, 5.74) is -2.98. The average Bonchev–Trinajstić information content (AvgIpc) is 3.20. The van der Waals surface area contributed by atoms with Crippen LogP contribution < -0.4 is 0 Å². The second-order valence-corrected chi connectivity index (χ2v) is 11.8. The highest BCUT2D eigenvalue weighted by Crippen LogP contribution is 2.86. The summed E-state index contributed by atoms with van der Waals surface area (Å²) in [6.07, 6.45) is 7.52. The van der Waals surface area contributed by atoms with Crippen molar-refractivity contribution in [1.82, 2.24) is 0 Å². The van der Waals surface area contributed by atoms with Crippen molar-refractivity contribution in [2.75, 3.05) is 0 Å². The molecular weight excluding hydrogens is 428 g/mol. The molecule has 33 heavy (non-hydrogen) atoms. The van der Waals surface area contributed by atoms with Gasteiger partial charge in [0.1, 0.15) is 11.2 Å². The Morgan fingerprint density at radius 3 is 2.70 bits per heavy atom. The van der Waals surface area contributed by atoms with E-state index in [1.165, 1.54) is 6.08 Å². The third kappa shape index (κ3) is 2.23. The van der Waals surface area contributed by atoms with Gasteiger partial charge in [0.05, 0.1) is 35.8 Å². The third-order valence-electron chi connectivity index (χ3n) is 9.81. The van der Waals surface area contributed by atoms with Crippen molar-refractivity contribution in [2.24, 2.45) is 16.7 Å². The van der Waals surface area contributed by atoms with Crippen LogP contribution in [0.2, 0.25) is 0 Å². The van der Waals surface area contributed by atoms with Crippen LogP contribution in [0, 0.1) is 16.7 Å². The number of rotatable bonds is 2. The molecule has 0 amide bonds. The summed E-state index contributed by atoms with van der Waals surface area (Å²) >= 11 is 0. The summed E-state index contributed by atoms with van der Waals surface area (Å²) in [5, 5.41) is 23.4. The molecule has 9 unspecified atom stereocenters. The van der Waals surface area contributed by atoms with Crippen LogP contribution in [0.25, 0.3) is 0 Å². The topological polar surface area (TPSA) is 108 Å². The molecular formula is C25H30O8. The van der Waals surface area contributed by atoms with E-state index in [1.807, 2.05) is 26.8 Å². The molecule has 5 fully saturated rings. The molecule has 8 nitrogen and oxygen atoms in total. The van der Waals surface area contributed by atoms with Gasteiger partial charge in [-0.15, -0.1) is 0 Å². The number of esters is 1. The highest BCUT2D eigenvalue weighted by Gasteiger charge is 2.91. The fraction of sp³-hybridized carbons (Fsp3) is 0.720. The Morgan fingerprint density at radius 2 is 2.00 bits per heavy atom. The van der Waals surface area contributed by atoms with Crippen LogP contribution in [-0.4, -0.2) is 51.2 Å². The molecule has 8 heteroatoms. The zero-order valence-corrected chi connectivity index (χ0v) is 19.1. The Morgan fingerprint density at radius 1 is 1.18 bits per heavy atom. The summed E-state index contributed by atoms with van der Waals surface area (Å²) in [4.78, 5) is 11.9. The standard InChI is InChI=1S/C25H30O8/c1-20(2)15(21(3)7-5-17(26)32-21)10-23(33-20)13-25(28)16(31-23)4-8-22-12-24(22,25)19(27)30-18(22)14-6-9-29-11-14/h5-7,9,11,15-16,18-19,27-28H,4,8,10,12-13H2,1-3H3. The lowest BCUT2D eigenvalue weighted by Gasteiger charge is -2.42. The van der Waals surface area contributed by atoms with Crippen LogP contribution in [-0.2, 0) is 23.7 Å². The fourth-order valence-corrected chi connectivity index (χ4v) is 8.53. The van der Waals surface area contributed by atoms with Gasteiger partial charge in [-0.1, -0.05) is 0 Å². The molecule has 2 aliphatic carbocycles. The molecule has 1 aromatic rings. The first kappa shape index (κ1) is 20.6. The maximum atomic E-state index is 12.2. The lowest BCUT2D eigenvalue weighted by molar-refractivity contribution is -0.241. The number of aliphatic hydroxyl groups excluding tert-OH is 1. The average molecular weight is 459 g/mol. The van der Waals surface area contributed by atoms with Crippen LogP contribution >= 0.6 is 0 Å². The molecule has 1 aromatic heterocycles. The molecule has 4 aliphatic heterocycles. The van der Waals surface area contributed by atoms with Gasteiger partial charge in [-0.2, -0.15) is 0 Å². The first-order chi connectivity index (χ1) is 15.5. The predicted octanol–water partition coefficient (Wildman–Crippen LogP) is 2.74. The maximum absolute atomic E-state index is 12.2. The molecule has 178 valence electrons. The highest BCUT2D eigenvalue weighted by molar-refractivity contribution is 5.85. The molecule has 2 saturated carbocycles. The minimum Gasteiger partial charge on any atom is -0.472 e. The van der Waals surface area contributed by atoms with Crippen molar-refractivity contribution in [2.45, 2.75) is 94.0 Å². The maximum Gasteiger partial charge on any atom is 0.331 e. The zero-order chi connectivity index (χ0) is 23.1. The van der Waals surface area contributed by atoms with E-state index in [0.29, 0.717) is 19.3 Å². The minimum atomic E-state index is -1.28. The van der Waals surface area contributed by atoms with E-state index in [4.69, 9.17) is 23.4 Å². The molecule has 6 aliphatic rings. The molecule has 2 N–H and O–H groups in total. The smallest absolute Gasteiger partial charge is 0.331 e. The van der Waals surface area contributed by atoms with Crippen LogP contribution in [0.3, 0.4) is 0 Å². The van der Waals surface area contributed by atoms with Crippen molar-refractivity contribution >= 4 is 5.97 Å². The number of hydrogen-bond donors (Lipinski definition) is 2. The van der Waals surface area contributed by atoms with Gasteiger partial charge in [-0.05, 0) is 52.2 Å². The van der Waals surface area contributed by atoms with Gasteiger partial charge in [0.15, 0.2) is 12.1 Å². The largest absolute Gasteiger partial charge is 0.472 e. The molecule has 7 rings (SSSR count). The van der Waals surface area contributed by atoms with Gasteiger partial charge in [-0.3, -0.25) is 0 Å². The number of cyclic esters (lactones) is 1. The lowest BCUT2D eigenvalue weighted by Crippen LogP contribution is -2.55. The molecule has 0 radical (unpaired) electrons.